The number of aliphatic hydroxyl groups excluding tert-OH is 2. The summed E-state index contributed by atoms with van der Waals surface area (Å²) in [6.07, 6.45) is 1.31. The van der Waals surface area contributed by atoms with Crippen LogP contribution in [-0.2, 0) is 70.4 Å². The number of nitrogens with one attached hydrogen (secondary N) is 12. The SMILES string of the molecule is C[C@H](NC(=O)CNC(=O)[C@@H](NC(=O)[C@H](Cc1ccccc1)NC(=O)CNC(=O)CNC(=O)[C@@H](N)Cc1ccccc1)[C@@H](C)O)C(=O)N[C@@H](CCCN=C(N)N)C(=O)N[C@@H](CCCCN)C(=O)N[C@@H](CO)C(=O)N[C@@H](C)C(=O)N[C@@H](CCCN=C(N)N)C(=O)N[C@H](CN)CCCCN. The Morgan fingerprint density at radius 3 is 1.33 bits per heavy atom. The molecule has 0 saturated carbocycles. The van der Waals surface area contributed by atoms with Crippen molar-refractivity contribution >= 4 is 82.8 Å². The second-order valence-corrected chi connectivity index (χ2v) is 22.9. The number of aliphatic imine (C=N–C) groups is 2. The van der Waals surface area contributed by atoms with Crippen LogP contribution >= 0.6 is 0 Å². The largest absolute Gasteiger partial charge is 0.394 e. The topological polar surface area (TPSA) is 623 Å². The van der Waals surface area contributed by atoms with Gasteiger partial charge in [-0.15, -0.1) is 0 Å². The third-order valence-corrected chi connectivity index (χ3v) is 14.6. The van der Waals surface area contributed by atoms with Crippen LogP contribution in [0, 0.1) is 0 Å². The first kappa shape index (κ1) is 83.5. The predicted octanol–water partition coefficient (Wildman–Crippen LogP) is -8.75. The van der Waals surface area contributed by atoms with Crippen molar-refractivity contribution in [3.05, 3.63) is 71.8 Å². The van der Waals surface area contributed by atoms with Crippen molar-refractivity contribution < 1.29 is 67.7 Å². The Morgan fingerprint density at radius 2 is 0.835 bits per heavy atom. The van der Waals surface area contributed by atoms with Crippen molar-refractivity contribution in [2.75, 3.05) is 59.0 Å². The number of hydrogen-bond acceptors (Lipinski definition) is 20. The molecule has 540 valence electrons. The molecule has 36 nitrogen and oxygen atoms in total. The molecule has 2 aromatic rings. The molecule has 0 spiro atoms. The summed E-state index contributed by atoms with van der Waals surface area (Å²) in [5.41, 5.74) is 46.5. The van der Waals surface area contributed by atoms with Gasteiger partial charge < -0.3 is 120 Å². The molecule has 36 heteroatoms. The molecule has 0 bridgehead atoms. The van der Waals surface area contributed by atoms with Crippen molar-refractivity contribution in [1.29, 1.82) is 0 Å². The summed E-state index contributed by atoms with van der Waals surface area (Å²) >= 11 is 0. The molecule has 0 aliphatic rings. The second-order valence-electron chi connectivity index (χ2n) is 22.9. The van der Waals surface area contributed by atoms with Gasteiger partial charge in [0.05, 0.1) is 38.4 Å². The second kappa shape index (κ2) is 46.5. The van der Waals surface area contributed by atoms with Crippen LogP contribution in [0.2, 0.25) is 0 Å². The molecule has 0 aliphatic carbocycles. The lowest BCUT2D eigenvalue weighted by Crippen LogP contribution is -2.60. The quantitative estimate of drug-likeness (QED) is 0.0166. The summed E-state index contributed by atoms with van der Waals surface area (Å²) in [4.78, 5) is 169. The lowest BCUT2D eigenvalue weighted by Gasteiger charge is -2.26. The summed E-state index contributed by atoms with van der Waals surface area (Å²) in [7, 11) is 0. The van der Waals surface area contributed by atoms with Crippen LogP contribution < -0.4 is 110 Å². The zero-order chi connectivity index (χ0) is 72.4. The van der Waals surface area contributed by atoms with Gasteiger partial charge in [-0.05, 0) is 109 Å². The maximum absolute atomic E-state index is 14.1. The van der Waals surface area contributed by atoms with Crippen molar-refractivity contribution in [2.45, 2.75) is 164 Å². The first-order valence-corrected chi connectivity index (χ1v) is 32.0. The van der Waals surface area contributed by atoms with Gasteiger partial charge in [0.1, 0.15) is 48.3 Å². The van der Waals surface area contributed by atoms with E-state index < -0.39 is 164 Å². The molecule has 0 aromatic heterocycles. The average Bonchev–Trinajstić information content (AvgIpc) is 0.968. The fourth-order valence-electron chi connectivity index (χ4n) is 9.20. The third-order valence-electron chi connectivity index (χ3n) is 14.6. The van der Waals surface area contributed by atoms with E-state index in [1.807, 2.05) is 6.07 Å². The molecule has 0 radical (unpaired) electrons. The molecular weight excluding hydrogens is 1260 g/mol. The molecule has 0 unspecified atom stereocenters. The Labute approximate surface area is 563 Å². The van der Waals surface area contributed by atoms with E-state index in [-0.39, 0.29) is 89.5 Å². The van der Waals surface area contributed by atoms with E-state index in [9.17, 15) is 67.7 Å². The molecule has 2 rings (SSSR count). The first-order valence-electron chi connectivity index (χ1n) is 32.0. The van der Waals surface area contributed by atoms with Crippen LogP contribution in [0.1, 0.15) is 96.1 Å². The number of nitrogens with zero attached hydrogens (tertiary/aromatic N) is 2. The number of carbonyl (C=O) groups excluding carboxylic acids is 12. The lowest BCUT2D eigenvalue weighted by molar-refractivity contribution is -0.136. The normalized spacial score (nSPS) is 14.3. The van der Waals surface area contributed by atoms with Gasteiger partial charge in [0.15, 0.2) is 11.9 Å². The number of benzene rings is 2. The molecule has 12 amide bonds. The predicted molar refractivity (Wildman–Crippen MR) is 359 cm³/mol. The van der Waals surface area contributed by atoms with Gasteiger partial charge in [-0.3, -0.25) is 67.5 Å². The standard InChI is InChI=1S/C61H102N22O14/c1-35(75-48(87)33-74-59(97)50(37(3)85)83-57(95)45(29-39-18-8-5-9-19-39)78-49(88)32-72-47(86)31-73-53(91)41(65)28-38-16-6-4-7-17-38)51(89)80-44(23-15-27-71-61(68)69)55(93)81-42(21-11-13-25-63)56(94)82-46(34-84)58(96)76-36(2)52(90)79-43(22-14-26-70-60(66)67)54(92)77-40(30-64)20-10-12-24-62/h4-9,16-19,35-37,40-46,50,84-85H,10-15,20-34,62-65H2,1-3H3,(H,72,86)(H,73,91)(H,74,97)(H,75,87)(H,76,96)(H,77,92)(H,78,88)(H,79,90)(H,80,89)(H,81,93)(H,82,94)(H,83,95)(H4,66,67,70)(H4,68,69,71)/t35-,36-,37+,40-,41-,42-,43-,44-,45-,46-,50-/m0/s1. The number of unbranched alkanes of at least 4 members (excludes halogenated alkanes) is 2. The van der Waals surface area contributed by atoms with E-state index >= 15 is 0 Å². The van der Waals surface area contributed by atoms with E-state index in [0.29, 0.717) is 37.8 Å². The van der Waals surface area contributed by atoms with Crippen LogP contribution in [0.3, 0.4) is 0 Å². The monoisotopic (exact) mass is 1370 g/mol. The highest BCUT2D eigenvalue weighted by Crippen LogP contribution is 2.10. The highest BCUT2D eigenvalue weighted by atomic mass is 16.3. The summed E-state index contributed by atoms with van der Waals surface area (Å²) in [6.45, 7) is 1.67. The highest BCUT2D eigenvalue weighted by molar-refractivity contribution is 5.98. The zero-order valence-corrected chi connectivity index (χ0v) is 55.3. The van der Waals surface area contributed by atoms with E-state index in [2.05, 4.69) is 73.8 Å². The maximum atomic E-state index is 14.1. The third kappa shape index (κ3) is 34.6. The summed E-state index contributed by atoms with van der Waals surface area (Å²) < 4.78 is 0. The minimum Gasteiger partial charge on any atom is -0.394 e. The smallest absolute Gasteiger partial charge is 0.245 e. The maximum Gasteiger partial charge on any atom is 0.245 e. The molecule has 0 heterocycles. The molecule has 0 aliphatic heterocycles. The Morgan fingerprint density at radius 1 is 0.423 bits per heavy atom. The Hall–Kier alpha value is -9.62. The van der Waals surface area contributed by atoms with Crippen molar-refractivity contribution in [3.8, 4) is 0 Å². The number of guanidine groups is 2. The van der Waals surface area contributed by atoms with Gasteiger partial charge in [-0.2, -0.15) is 0 Å². The molecule has 30 N–H and O–H groups in total. The van der Waals surface area contributed by atoms with Gasteiger partial charge in [-0.25, -0.2) is 0 Å². The number of carbonyl (C=O) groups is 12. The number of hydrogen-bond donors (Lipinski definition) is 22. The van der Waals surface area contributed by atoms with Gasteiger partial charge in [0, 0.05) is 32.1 Å². The van der Waals surface area contributed by atoms with Crippen LogP contribution in [0.5, 0.6) is 0 Å². The molecular formula is C61H102N22O14. The Kier molecular flexibility index (Phi) is 40.0. The first-order chi connectivity index (χ1) is 46.1. The van der Waals surface area contributed by atoms with E-state index in [1.54, 1.807) is 54.6 Å². The minimum absolute atomic E-state index is 0.0121. The van der Waals surface area contributed by atoms with Crippen LogP contribution in [0.4, 0.5) is 0 Å². The summed E-state index contributed by atoms with van der Waals surface area (Å²) in [5.74, 6) is -10.8. The van der Waals surface area contributed by atoms with Gasteiger partial charge in [0.25, 0.3) is 0 Å². The Bertz CT molecular complexity index is 2900. The molecule has 0 saturated heterocycles. The summed E-state index contributed by atoms with van der Waals surface area (Å²) in [5, 5.41) is 50.6. The molecule has 11 atom stereocenters. The summed E-state index contributed by atoms with van der Waals surface area (Å²) in [6, 6.07) is 4.49. The fourth-order valence-corrected chi connectivity index (χ4v) is 9.20. The highest BCUT2D eigenvalue weighted by Gasteiger charge is 2.34. The van der Waals surface area contributed by atoms with Crippen molar-refractivity contribution in [3.63, 3.8) is 0 Å². The van der Waals surface area contributed by atoms with E-state index in [4.69, 9.17) is 45.9 Å². The van der Waals surface area contributed by atoms with Gasteiger partial charge in [-0.1, -0.05) is 67.1 Å². The number of amides is 12. The number of nitrogens with two attached hydrogens (primary N) is 8. The van der Waals surface area contributed by atoms with Crippen LogP contribution in [0.15, 0.2) is 70.6 Å². The minimum atomic E-state index is -1.71. The number of aliphatic hydroxyl groups is 2. The average molecular weight is 1370 g/mol. The van der Waals surface area contributed by atoms with E-state index in [0.717, 1.165) is 5.56 Å². The van der Waals surface area contributed by atoms with Crippen LogP contribution in [-0.4, -0.2) is 219 Å². The molecule has 2 aromatic carbocycles. The zero-order valence-electron chi connectivity index (χ0n) is 55.3. The van der Waals surface area contributed by atoms with Gasteiger partial charge in [0.2, 0.25) is 70.9 Å². The fraction of sp³-hybridized carbons (Fsp3) is 0.574. The molecule has 0 fully saturated rings. The van der Waals surface area contributed by atoms with Crippen molar-refractivity contribution in [2.24, 2.45) is 55.9 Å². The lowest BCUT2D eigenvalue weighted by atomic mass is 10.0. The number of rotatable bonds is 47. The van der Waals surface area contributed by atoms with Crippen molar-refractivity contribution in [1.82, 2.24) is 63.8 Å². The Balaban J connectivity index is 2.17. The van der Waals surface area contributed by atoms with Gasteiger partial charge >= 0.3 is 0 Å². The van der Waals surface area contributed by atoms with Crippen LogP contribution in [0.25, 0.3) is 0 Å². The van der Waals surface area contributed by atoms with E-state index in [1.165, 1.54) is 20.8 Å². The molecule has 97 heavy (non-hydrogen) atoms.